The van der Waals surface area contributed by atoms with E-state index >= 15 is 0 Å². The second kappa shape index (κ2) is 12.9. The van der Waals surface area contributed by atoms with Crippen LogP contribution in [0.1, 0.15) is 24.5 Å². The number of carbonyl (C=O) groups excluding carboxylic acids is 3. The third kappa shape index (κ3) is 7.99. The molecule has 0 fully saturated rings. The van der Waals surface area contributed by atoms with Gasteiger partial charge in [0.05, 0.1) is 20.8 Å². The number of anilines is 1. The Labute approximate surface area is 194 Å². The molecular weight excluding hydrogens is 424 g/mol. The van der Waals surface area contributed by atoms with Gasteiger partial charge in [-0.05, 0) is 43.2 Å². The van der Waals surface area contributed by atoms with Crippen molar-refractivity contribution in [2.75, 3.05) is 39.2 Å². The van der Waals surface area contributed by atoms with Gasteiger partial charge in [0.15, 0.2) is 6.61 Å². The molecule has 176 valence electrons. The van der Waals surface area contributed by atoms with E-state index in [-0.39, 0.29) is 12.5 Å². The van der Waals surface area contributed by atoms with Gasteiger partial charge in [-0.3, -0.25) is 9.59 Å². The maximum Gasteiger partial charge on any atom is 0.331 e. The number of para-hydroxylation sites is 1. The van der Waals surface area contributed by atoms with Crippen LogP contribution in [-0.2, 0) is 19.1 Å². The number of hydrogen-bond donors (Lipinski definition) is 1. The SMILES string of the molecule is CCCN(CC(=O)Nc1ccccc1C)C(=O)COC(=O)/C=C/c1ccc(OC)cc1OC. The van der Waals surface area contributed by atoms with Crippen molar-refractivity contribution in [3.63, 3.8) is 0 Å². The Morgan fingerprint density at radius 3 is 2.48 bits per heavy atom. The van der Waals surface area contributed by atoms with Crippen LogP contribution >= 0.6 is 0 Å². The Morgan fingerprint density at radius 2 is 1.82 bits per heavy atom. The average molecular weight is 455 g/mol. The molecule has 0 aliphatic carbocycles. The minimum absolute atomic E-state index is 0.128. The summed E-state index contributed by atoms with van der Waals surface area (Å²) in [7, 11) is 3.06. The number of nitrogens with one attached hydrogen (secondary N) is 1. The lowest BCUT2D eigenvalue weighted by Gasteiger charge is -2.21. The van der Waals surface area contributed by atoms with Crippen molar-refractivity contribution in [1.82, 2.24) is 4.90 Å². The lowest BCUT2D eigenvalue weighted by molar-refractivity contribution is -0.148. The Hall–Kier alpha value is -3.81. The molecule has 0 aliphatic rings. The largest absolute Gasteiger partial charge is 0.497 e. The number of aryl methyl sites for hydroxylation is 1. The van der Waals surface area contributed by atoms with Crippen LogP contribution in [0.2, 0.25) is 0 Å². The topological polar surface area (TPSA) is 94.2 Å². The summed E-state index contributed by atoms with van der Waals surface area (Å²) in [6.45, 7) is 3.57. The fourth-order valence-electron chi connectivity index (χ4n) is 3.02. The minimum Gasteiger partial charge on any atom is -0.497 e. The van der Waals surface area contributed by atoms with E-state index in [1.165, 1.54) is 24.2 Å². The summed E-state index contributed by atoms with van der Waals surface area (Å²) in [6, 6.07) is 12.6. The van der Waals surface area contributed by atoms with Crippen LogP contribution in [0, 0.1) is 6.92 Å². The zero-order valence-corrected chi connectivity index (χ0v) is 19.4. The molecule has 0 saturated carbocycles. The normalized spacial score (nSPS) is 10.5. The van der Waals surface area contributed by atoms with Crippen molar-refractivity contribution >= 4 is 29.5 Å². The van der Waals surface area contributed by atoms with Gasteiger partial charge in [-0.15, -0.1) is 0 Å². The Bertz CT molecular complexity index is 1000. The quantitative estimate of drug-likeness (QED) is 0.413. The molecule has 2 aromatic rings. The highest BCUT2D eigenvalue weighted by atomic mass is 16.5. The van der Waals surface area contributed by atoms with Crippen LogP contribution in [0.3, 0.4) is 0 Å². The molecule has 0 saturated heterocycles. The van der Waals surface area contributed by atoms with Crippen molar-refractivity contribution in [1.29, 1.82) is 0 Å². The third-order valence-electron chi connectivity index (χ3n) is 4.78. The third-order valence-corrected chi connectivity index (χ3v) is 4.78. The van der Waals surface area contributed by atoms with Gasteiger partial charge in [-0.2, -0.15) is 0 Å². The average Bonchev–Trinajstić information content (AvgIpc) is 2.82. The number of benzene rings is 2. The summed E-state index contributed by atoms with van der Waals surface area (Å²) in [5.41, 5.74) is 2.27. The molecule has 2 amide bonds. The van der Waals surface area contributed by atoms with Crippen LogP contribution < -0.4 is 14.8 Å². The molecule has 2 aromatic carbocycles. The van der Waals surface area contributed by atoms with E-state index in [0.717, 1.165) is 5.56 Å². The summed E-state index contributed by atoms with van der Waals surface area (Å²) < 4.78 is 15.5. The van der Waals surface area contributed by atoms with Gasteiger partial charge in [0.2, 0.25) is 5.91 Å². The van der Waals surface area contributed by atoms with Gasteiger partial charge in [0.25, 0.3) is 5.91 Å². The zero-order valence-electron chi connectivity index (χ0n) is 19.4. The predicted octanol–water partition coefficient (Wildman–Crippen LogP) is 3.45. The van der Waals surface area contributed by atoms with Gasteiger partial charge in [0.1, 0.15) is 11.5 Å². The van der Waals surface area contributed by atoms with Gasteiger partial charge in [-0.25, -0.2) is 4.79 Å². The molecular formula is C25H30N2O6. The Morgan fingerprint density at radius 1 is 1.06 bits per heavy atom. The maximum absolute atomic E-state index is 12.5. The van der Waals surface area contributed by atoms with Gasteiger partial charge < -0.3 is 24.4 Å². The lowest BCUT2D eigenvalue weighted by atomic mass is 10.2. The highest BCUT2D eigenvalue weighted by Crippen LogP contribution is 2.25. The van der Waals surface area contributed by atoms with Crippen LogP contribution in [0.4, 0.5) is 5.69 Å². The first kappa shape index (κ1) is 25.5. The van der Waals surface area contributed by atoms with E-state index in [1.54, 1.807) is 31.4 Å². The standard InChI is InChI=1S/C25H30N2O6/c1-5-14-27(16-23(28)26-21-9-7-6-8-18(21)2)24(29)17-33-25(30)13-11-19-10-12-20(31-3)15-22(19)32-4/h6-13,15H,5,14,16-17H2,1-4H3,(H,26,28)/b13-11+. The Kier molecular flexibility index (Phi) is 9.95. The highest BCUT2D eigenvalue weighted by Gasteiger charge is 2.18. The monoisotopic (exact) mass is 454 g/mol. The summed E-state index contributed by atoms with van der Waals surface area (Å²) in [6.07, 6.45) is 3.41. The van der Waals surface area contributed by atoms with E-state index < -0.39 is 18.5 Å². The number of nitrogens with zero attached hydrogens (tertiary/aromatic N) is 1. The van der Waals surface area contributed by atoms with E-state index in [2.05, 4.69) is 5.32 Å². The summed E-state index contributed by atoms with van der Waals surface area (Å²) in [5, 5.41) is 2.80. The van der Waals surface area contributed by atoms with E-state index in [1.807, 2.05) is 32.0 Å². The van der Waals surface area contributed by atoms with Crippen molar-refractivity contribution in [3.05, 3.63) is 59.7 Å². The lowest BCUT2D eigenvalue weighted by Crippen LogP contribution is -2.40. The van der Waals surface area contributed by atoms with Crippen LogP contribution in [-0.4, -0.2) is 56.6 Å². The number of methoxy groups -OCH3 is 2. The van der Waals surface area contributed by atoms with Crippen LogP contribution in [0.25, 0.3) is 6.08 Å². The Balaban J connectivity index is 1.92. The van der Waals surface area contributed by atoms with E-state index in [9.17, 15) is 14.4 Å². The first-order valence-corrected chi connectivity index (χ1v) is 10.6. The van der Waals surface area contributed by atoms with Gasteiger partial charge in [0, 0.05) is 29.9 Å². The molecule has 0 spiro atoms. The number of esters is 1. The number of rotatable bonds is 11. The van der Waals surface area contributed by atoms with Gasteiger partial charge >= 0.3 is 5.97 Å². The molecule has 0 bridgehead atoms. The second-order valence-corrected chi connectivity index (χ2v) is 7.23. The fraction of sp³-hybridized carbons (Fsp3) is 0.320. The molecule has 0 heterocycles. The molecule has 2 rings (SSSR count). The summed E-state index contributed by atoms with van der Waals surface area (Å²) in [4.78, 5) is 38.4. The summed E-state index contributed by atoms with van der Waals surface area (Å²) in [5.74, 6) is -0.283. The molecule has 8 nitrogen and oxygen atoms in total. The molecule has 1 N–H and O–H groups in total. The molecule has 0 radical (unpaired) electrons. The zero-order chi connectivity index (χ0) is 24.2. The predicted molar refractivity (Wildman–Crippen MR) is 126 cm³/mol. The number of hydrogen-bond acceptors (Lipinski definition) is 6. The van der Waals surface area contributed by atoms with Crippen molar-refractivity contribution < 1.29 is 28.6 Å². The number of ether oxygens (including phenoxy) is 3. The number of amides is 2. The maximum atomic E-state index is 12.5. The van der Waals surface area contributed by atoms with E-state index in [4.69, 9.17) is 14.2 Å². The van der Waals surface area contributed by atoms with Crippen LogP contribution in [0.5, 0.6) is 11.5 Å². The van der Waals surface area contributed by atoms with Gasteiger partial charge in [-0.1, -0.05) is 25.1 Å². The molecule has 0 atom stereocenters. The second-order valence-electron chi connectivity index (χ2n) is 7.23. The first-order chi connectivity index (χ1) is 15.9. The van der Waals surface area contributed by atoms with Crippen molar-refractivity contribution in [2.45, 2.75) is 20.3 Å². The highest BCUT2D eigenvalue weighted by molar-refractivity contribution is 5.95. The first-order valence-electron chi connectivity index (χ1n) is 10.6. The molecule has 8 heteroatoms. The van der Waals surface area contributed by atoms with Crippen LogP contribution in [0.15, 0.2) is 48.5 Å². The smallest absolute Gasteiger partial charge is 0.331 e. The van der Waals surface area contributed by atoms with Crippen molar-refractivity contribution in [2.24, 2.45) is 0 Å². The fourth-order valence-corrected chi connectivity index (χ4v) is 3.02. The molecule has 0 unspecified atom stereocenters. The van der Waals surface area contributed by atoms with Crippen molar-refractivity contribution in [3.8, 4) is 11.5 Å². The summed E-state index contributed by atoms with van der Waals surface area (Å²) >= 11 is 0. The molecule has 0 aliphatic heterocycles. The molecule has 0 aromatic heterocycles. The minimum atomic E-state index is -0.679. The number of carbonyl (C=O) groups is 3. The molecule has 33 heavy (non-hydrogen) atoms. The van der Waals surface area contributed by atoms with E-state index in [0.29, 0.717) is 35.7 Å².